The molecule has 1 aliphatic heterocycles. The molecule has 7 heterocycles. The van der Waals surface area contributed by atoms with Gasteiger partial charge in [0.05, 0.1) is 46.1 Å². The van der Waals surface area contributed by atoms with Gasteiger partial charge in [0.15, 0.2) is 27.8 Å². The summed E-state index contributed by atoms with van der Waals surface area (Å²) in [6.07, 6.45) is 4.45. The molecule has 6 aromatic heterocycles. The number of aliphatic hydroxyl groups excluding tert-OH is 1. The van der Waals surface area contributed by atoms with Crippen molar-refractivity contribution < 1.29 is 91.7 Å². The molecule has 1 aliphatic rings. The normalized spacial score (nSPS) is 12.9. The summed E-state index contributed by atoms with van der Waals surface area (Å²) < 4.78 is 41.0. The smallest absolute Gasteiger partial charge is 0.870 e. The van der Waals surface area contributed by atoms with E-state index >= 15 is 0 Å². The van der Waals surface area contributed by atoms with Gasteiger partial charge in [0, 0.05) is 52.6 Å². The fourth-order valence-corrected chi connectivity index (χ4v) is 5.35. The molecule has 0 spiro atoms. The summed E-state index contributed by atoms with van der Waals surface area (Å²) in [7, 11) is 8.46. The third-order valence-corrected chi connectivity index (χ3v) is 9.84. The molecule has 21 nitrogen and oxygen atoms in total. The van der Waals surface area contributed by atoms with Crippen molar-refractivity contribution in [2.75, 3.05) is 21.3 Å². The molecular formula is C34H40BBrCl3N8NaO13. The van der Waals surface area contributed by atoms with Crippen LogP contribution in [0.3, 0.4) is 0 Å². The maximum absolute atomic E-state index is 11.2. The van der Waals surface area contributed by atoms with E-state index < -0.39 is 17.9 Å². The minimum Gasteiger partial charge on any atom is -0.870 e. The largest absolute Gasteiger partial charge is 1.00 e. The van der Waals surface area contributed by atoms with Crippen LogP contribution in [-0.4, -0.2) is 113 Å². The van der Waals surface area contributed by atoms with Crippen LogP contribution in [0.5, 0.6) is 0 Å². The third-order valence-electron chi connectivity index (χ3n) is 8.19. The third kappa shape index (κ3) is 13.7. The van der Waals surface area contributed by atoms with Gasteiger partial charge in [0.25, 0.3) is 0 Å². The van der Waals surface area contributed by atoms with Crippen LogP contribution in [0.4, 0.5) is 0 Å². The molecule has 1 saturated heterocycles. The monoisotopic (exact) mass is 986 g/mol. The van der Waals surface area contributed by atoms with Crippen molar-refractivity contribution in [3.8, 4) is 23.2 Å². The van der Waals surface area contributed by atoms with Gasteiger partial charge in [-0.15, -0.1) is 0 Å². The summed E-state index contributed by atoms with van der Waals surface area (Å²) in [6.45, 7) is 8.18. The summed E-state index contributed by atoms with van der Waals surface area (Å²) in [5, 5.41) is 28.4. The van der Waals surface area contributed by atoms with Gasteiger partial charge in [-0.1, -0.05) is 34.8 Å². The maximum atomic E-state index is 11.2. The van der Waals surface area contributed by atoms with E-state index in [2.05, 4.69) is 50.7 Å². The van der Waals surface area contributed by atoms with Crippen LogP contribution in [0, 0.1) is 0 Å². The molecule has 0 aliphatic carbocycles. The van der Waals surface area contributed by atoms with E-state index in [-0.39, 0.29) is 86.4 Å². The average molecular weight is 989 g/mol. The molecule has 0 aromatic carbocycles. The summed E-state index contributed by atoms with van der Waals surface area (Å²) in [5.41, 5.74) is 0.373. The number of carboxylic acids is 1. The Bertz CT molecular complexity index is 2320. The number of methoxy groups -OCH3 is 2. The molecule has 0 saturated carbocycles. The molecule has 6 aromatic rings. The number of aryl methyl sites for hydroxylation is 3. The van der Waals surface area contributed by atoms with Crippen LogP contribution in [0.2, 0.25) is 15.1 Å². The van der Waals surface area contributed by atoms with E-state index in [1.165, 1.54) is 54.4 Å². The fourth-order valence-electron chi connectivity index (χ4n) is 4.48. The molecule has 61 heavy (non-hydrogen) atoms. The van der Waals surface area contributed by atoms with Gasteiger partial charge in [-0.3, -0.25) is 4.68 Å². The quantitative estimate of drug-likeness (QED) is 0.179. The van der Waals surface area contributed by atoms with Gasteiger partial charge < -0.3 is 47.7 Å². The van der Waals surface area contributed by atoms with Crippen LogP contribution in [0.15, 0.2) is 61.0 Å². The zero-order valence-electron chi connectivity index (χ0n) is 34.6. The maximum Gasteiger partial charge on any atom is 1.00 e. The number of nitrogens with zero attached hydrogens (tertiary/aromatic N) is 8. The number of ether oxygens (including phenoxy) is 2. The van der Waals surface area contributed by atoms with E-state index in [1.54, 1.807) is 25.0 Å². The zero-order chi connectivity index (χ0) is 44.4. The molecule has 0 atom stereocenters. The predicted octanol–water partition coefficient (Wildman–Crippen LogP) is 2.58. The minimum atomic E-state index is -1.18. The second-order valence-electron chi connectivity index (χ2n) is 12.5. The van der Waals surface area contributed by atoms with Gasteiger partial charge >= 0.3 is 54.6 Å². The Hall–Kier alpha value is -4.01. The number of aromatic nitrogens is 8. The summed E-state index contributed by atoms with van der Waals surface area (Å²) in [6, 6.07) is 5.92. The number of aliphatic hydroxyl groups is 1. The van der Waals surface area contributed by atoms with Crippen molar-refractivity contribution in [3.05, 3.63) is 80.1 Å². The van der Waals surface area contributed by atoms with Gasteiger partial charge in [-0.25, -0.2) is 33.7 Å². The van der Waals surface area contributed by atoms with Crippen molar-refractivity contribution in [3.63, 3.8) is 0 Å². The van der Waals surface area contributed by atoms with Crippen LogP contribution >= 0.6 is 50.7 Å². The summed E-state index contributed by atoms with van der Waals surface area (Å²) in [4.78, 5) is 40.5. The number of hydrogen-bond donors (Lipinski definition) is 2. The number of halogens is 4. The first-order valence-corrected chi connectivity index (χ1v) is 18.5. The standard InChI is InChI=1S/C10H17BN2O2.C9H8ClN3O3.C8H6ClN3O3.C6H4BrClO3.CH4O.Na.H2O/c1-9(2)10(3,4)15-11(14-9)8-6-7-12-13(8)5;1-13-8(11-4-12-13)7-5(10)3-6(16-7)9(14)15-2;1-12-7(10-3-11-12)6-4(9)2-5(15-6)8(13)14;1-10-6(9)4-2-3(8)5(7)11-4;1-2;;/h6-7H,1-5H3;3-4H,1-2H3;2-3H,1H3,(H,13,14);2H,1H3;2H,1H3;;1H2/q;;;;;+1;/p-1. The van der Waals surface area contributed by atoms with Crippen molar-refractivity contribution >= 4 is 81.4 Å². The van der Waals surface area contributed by atoms with Crippen molar-refractivity contribution in [1.82, 2.24) is 39.3 Å². The molecule has 0 unspecified atom stereocenters. The SMILES string of the molecule is CO.COC(=O)c1cc(Cl)c(-c2ncnn2C)o1.COC(=O)c1cc(Cl)c(Br)o1.Cn1nccc1B1OC(C)(C)C(C)(C)O1.Cn1ncnc1-c1oc(C(=O)O)cc1Cl.[Na+].[OH-]. The van der Waals surface area contributed by atoms with Crippen LogP contribution < -0.4 is 35.2 Å². The Morgan fingerprint density at radius 2 is 1.13 bits per heavy atom. The van der Waals surface area contributed by atoms with E-state index in [0.717, 1.165) is 12.7 Å². The fraction of sp³-hybridized carbons (Fsp3) is 0.353. The Labute approximate surface area is 394 Å². The van der Waals surface area contributed by atoms with E-state index in [4.69, 9.17) is 67.6 Å². The summed E-state index contributed by atoms with van der Waals surface area (Å²) >= 11 is 20.3. The van der Waals surface area contributed by atoms with Crippen LogP contribution in [0.1, 0.15) is 59.4 Å². The van der Waals surface area contributed by atoms with E-state index in [1.807, 2.05) is 40.8 Å². The first kappa shape index (κ1) is 55.0. The number of carbonyl (C=O) groups is 3. The molecule has 1 fully saturated rings. The topological polar surface area (TPSA) is 277 Å². The van der Waals surface area contributed by atoms with Gasteiger partial charge in [0.1, 0.15) is 12.7 Å². The first-order chi connectivity index (χ1) is 27.7. The number of hydrogen-bond acceptors (Lipinski definition) is 17. The predicted molar refractivity (Wildman–Crippen MR) is 217 cm³/mol. The van der Waals surface area contributed by atoms with Crippen molar-refractivity contribution in [2.24, 2.45) is 21.1 Å². The Balaban J connectivity index is 0.000000400. The zero-order valence-corrected chi connectivity index (χ0v) is 40.5. The number of furan rings is 3. The molecule has 0 bridgehead atoms. The number of esters is 2. The molecule has 0 radical (unpaired) electrons. The molecule has 3 N–H and O–H groups in total. The average Bonchev–Trinajstić information content (AvgIpc) is 4.07. The minimum absolute atomic E-state index is 0. The molecule has 0 amide bonds. The Kier molecular flexibility index (Phi) is 21.6. The van der Waals surface area contributed by atoms with Crippen LogP contribution in [-0.2, 0) is 39.9 Å². The Morgan fingerprint density at radius 1 is 0.721 bits per heavy atom. The molecule has 326 valence electrons. The Morgan fingerprint density at radius 3 is 1.46 bits per heavy atom. The molecular weight excluding hydrogens is 948 g/mol. The second kappa shape index (κ2) is 24.0. The summed E-state index contributed by atoms with van der Waals surface area (Å²) in [5.74, 6) is -1.09. The number of aromatic carboxylic acids is 1. The van der Waals surface area contributed by atoms with E-state index in [0.29, 0.717) is 27.1 Å². The van der Waals surface area contributed by atoms with Crippen molar-refractivity contribution in [1.29, 1.82) is 0 Å². The number of rotatable bonds is 6. The van der Waals surface area contributed by atoms with Gasteiger partial charge in [-0.2, -0.15) is 15.3 Å². The van der Waals surface area contributed by atoms with E-state index in [9.17, 15) is 14.4 Å². The van der Waals surface area contributed by atoms with Gasteiger partial charge in [-0.05, 0) is 49.7 Å². The number of carbonyl (C=O) groups excluding carboxylic acids is 2. The first-order valence-electron chi connectivity index (χ1n) is 16.6. The number of carboxylic acid groups (broad SMARTS) is 1. The molecule has 7 rings (SSSR count). The van der Waals surface area contributed by atoms with Crippen molar-refractivity contribution in [2.45, 2.75) is 38.9 Å². The van der Waals surface area contributed by atoms with Gasteiger partial charge in [0.2, 0.25) is 17.3 Å². The molecule has 27 heteroatoms. The second-order valence-corrected chi connectivity index (χ2v) is 14.4. The van der Waals surface area contributed by atoms with Crippen LogP contribution in [0.25, 0.3) is 23.2 Å².